The molecule has 1 unspecified atom stereocenters. The van der Waals surface area contributed by atoms with E-state index in [-0.39, 0.29) is 10.9 Å². The first-order chi connectivity index (χ1) is 7.42. The van der Waals surface area contributed by atoms with Gasteiger partial charge in [0.2, 0.25) is 10.0 Å². The Morgan fingerprint density at radius 2 is 1.94 bits per heavy atom. The molecule has 0 saturated heterocycles. The van der Waals surface area contributed by atoms with Crippen molar-refractivity contribution in [3.63, 3.8) is 0 Å². The molecule has 0 aliphatic rings. The maximum absolute atomic E-state index is 11.8. The quantitative estimate of drug-likeness (QED) is 0.865. The molecule has 3 N–H and O–H groups in total. The summed E-state index contributed by atoms with van der Waals surface area (Å²) in [5.74, 6) is 0. The van der Waals surface area contributed by atoms with Gasteiger partial charge in [-0.2, -0.15) is 0 Å². The van der Waals surface area contributed by atoms with Crippen molar-refractivity contribution in [3.05, 3.63) is 28.7 Å². The molecule has 0 spiro atoms. The van der Waals surface area contributed by atoms with E-state index >= 15 is 0 Å². The molecule has 0 aliphatic carbocycles. The van der Waals surface area contributed by atoms with E-state index in [0.29, 0.717) is 13.0 Å². The summed E-state index contributed by atoms with van der Waals surface area (Å²) in [6.45, 7) is 2.20. The lowest BCUT2D eigenvalue weighted by molar-refractivity contribution is 0.572. The third-order valence-electron chi connectivity index (χ3n) is 2.02. The monoisotopic (exact) mass is 306 g/mol. The summed E-state index contributed by atoms with van der Waals surface area (Å²) in [7, 11) is -3.40. The van der Waals surface area contributed by atoms with Gasteiger partial charge < -0.3 is 5.73 Å². The van der Waals surface area contributed by atoms with Gasteiger partial charge >= 0.3 is 0 Å². The fourth-order valence-corrected chi connectivity index (χ4v) is 2.43. The maximum atomic E-state index is 11.8. The van der Waals surface area contributed by atoms with Gasteiger partial charge in [-0.25, -0.2) is 13.1 Å². The Labute approximate surface area is 104 Å². The number of rotatable bonds is 5. The summed E-state index contributed by atoms with van der Waals surface area (Å²) in [6, 6.07) is 6.49. The molecule has 1 aromatic rings. The fourth-order valence-electron chi connectivity index (χ4n) is 1.12. The predicted molar refractivity (Wildman–Crippen MR) is 67.6 cm³/mol. The number of benzene rings is 1. The summed E-state index contributed by atoms with van der Waals surface area (Å²) in [6.07, 6.45) is 0.621. The van der Waals surface area contributed by atoms with Crippen molar-refractivity contribution in [3.8, 4) is 0 Å². The Bertz CT molecular complexity index is 429. The van der Waals surface area contributed by atoms with Crippen molar-refractivity contribution < 1.29 is 8.42 Å². The molecule has 0 bridgehead atoms. The lowest BCUT2D eigenvalue weighted by Crippen LogP contribution is -2.29. The molecule has 0 saturated carbocycles. The van der Waals surface area contributed by atoms with E-state index in [1.54, 1.807) is 24.3 Å². The molecular weight excluding hydrogens is 292 g/mol. The molecule has 0 radical (unpaired) electrons. The average Bonchev–Trinajstić information content (AvgIpc) is 2.17. The van der Waals surface area contributed by atoms with Gasteiger partial charge in [0.05, 0.1) is 4.90 Å². The van der Waals surface area contributed by atoms with Crippen molar-refractivity contribution in [2.24, 2.45) is 5.73 Å². The topological polar surface area (TPSA) is 72.2 Å². The second kappa shape index (κ2) is 5.77. The predicted octanol–water partition coefficient (Wildman–Crippen LogP) is 1.46. The molecule has 90 valence electrons. The summed E-state index contributed by atoms with van der Waals surface area (Å²) in [5.41, 5.74) is 5.54. The van der Waals surface area contributed by atoms with Crippen LogP contribution >= 0.6 is 15.9 Å². The highest BCUT2D eigenvalue weighted by Gasteiger charge is 2.12. The van der Waals surface area contributed by atoms with E-state index in [1.165, 1.54) is 0 Å². The molecule has 1 aromatic carbocycles. The molecule has 4 nitrogen and oxygen atoms in total. The zero-order chi connectivity index (χ0) is 12.2. The van der Waals surface area contributed by atoms with Gasteiger partial charge in [-0.15, -0.1) is 0 Å². The number of hydrogen-bond donors (Lipinski definition) is 2. The molecule has 0 fully saturated rings. The average molecular weight is 307 g/mol. The smallest absolute Gasteiger partial charge is 0.240 e. The van der Waals surface area contributed by atoms with Crippen LogP contribution in [0.1, 0.15) is 13.3 Å². The van der Waals surface area contributed by atoms with Crippen LogP contribution in [0.25, 0.3) is 0 Å². The molecular formula is C10H15BrN2O2S. The first-order valence-electron chi connectivity index (χ1n) is 4.92. The van der Waals surface area contributed by atoms with Crippen molar-refractivity contribution >= 4 is 26.0 Å². The van der Waals surface area contributed by atoms with Crippen LogP contribution in [0.5, 0.6) is 0 Å². The Morgan fingerprint density at radius 3 is 2.44 bits per heavy atom. The zero-order valence-corrected chi connectivity index (χ0v) is 11.4. The fraction of sp³-hybridized carbons (Fsp3) is 0.400. The normalized spacial score (nSPS) is 13.7. The third kappa shape index (κ3) is 4.21. The number of sulfonamides is 1. The van der Waals surface area contributed by atoms with Crippen LogP contribution in [0.2, 0.25) is 0 Å². The standard InChI is InChI=1S/C10H15BrN2O2S/c1-8(12)6-7-13-16(14,15)10-4-2-9(11)3-5-10/h2-5,8,13H,6-7,12H2,1H3. The van der Waals surface area contributed by atoms with Crippen LogP contribution in [0.15, 0.2) is 33.6 Å². The van der Waals surface area contributed by atoms with Crippen LogP contribution in [-0.2, 0) is 10.0 Å². The van der Waals surface area contributed by atoms with Crippen molar-refractivity contribution in [2.45, 2.75) is 24.3 Å². The minimum Gasteiger partial charge on any atom is -0.328 e. The van der Waals surface area contributed by atoms with Crippen LogP contribution in [-0.4, -0.2) is 21.0 Å². The Hall–Kier alpha value is -0.430. The lowest BCUT2D eigenvalue weighted by Gasteiger charge is -2.08. The molecule has 0 amide bonds. The van der Waals surface area contributed by atoms with Crippen LogP contribution < -0.4 is 10.5 Å². The summed E-state index contributed by atoms with van der Waals surface area (Å²) in [5, 5.41) is 0. The van der Waals surface area contributed by atoms with Gasteiger partial charge in [-0.1, -0.05) is 15.9 Å². The third-order valence-corrected chi connectivity index (χ3v) is 4.02. The molecule has 0 aromatic heterocycles. The SMILES string of the molecule is CC(N)CCNS(=O)(=O)c1ccc(Br)cc1. The van der Waals surface area contributed by atoms with Gasteiger partial charge in [0.25, 0.3) is 0 Å². The Kier molecular flexibility index (Phi) is 4.91. The Balaban J connectivity index is 2.67. The second-order valence-corrected chi connectivity index (χ2v) is 6.30. The van der Waals surface area contributed by atoms with Crippen molar-refractivity contribution in [1.82, 2.24) is 4.72 Å². The summed E-state index contributed by atoms with van der Waals surface area (Å²) < 4.78 is 26.9. The van der Waals surface area contributed by atoms with Gasteiger partial charge in [0, 0.05) is 17.1 Å². The van der Waals surface area contributed by atoms with Gasteiger partial charge in [0.15, 0.2) is 0 Å². The van der Waals surface area contributed by atoms with E-state index in [0.717, 1.165) is 4.47 Å². The van der Waals surface area contributed by atoms with E-state index in [1.807, 2.05) is 6.92 Å². The molecule has 0 heterocycles. The van der Waals surface area contributed by atoms with E-state index in [4.69, 9.17) is 5.73 Å². The highest BCUT2D eigenvalue weighted by atomic mass is 79.9. The van der Waals surface area contributed by atoms with Crippen LogP contribution in [0.4, 0.5) is 0 Å². The van der Waals surface area contributed by atoms with E-state index in [9.17, 15) is 8.42 Å². The second-order valence-electron chi connectivity index (χ2n) is 3.62. The van der Waals surface area contributed by atoms with Crippen LogP contribution in [0, 0.1) is 0 Å². The number of nitrogens with two attached hydrogens (primary N) is 1. The molecule has 1 rings (SSSR count). The molecule has 6 heteroatoms. The summed E-state index contributed by atoms with van der Waals surface area (Å²) >= 11 is 3.25. The number of hydrogen-bond acceptors (Lipinski definition) is 3. The minimum atomic E-state index is -3.40. The first-order valence-corrected chi connectivity index (χ1v) is 7.20. The van der Waals surface area contributed by atoms with Crippen molar-refractivity contribution in [2.75, 3.05) is 6.54 Å². The van der Waals surface area contributed by atoms with E-state index in [2.05, 4.69) is 20.7 Å². The minimum absolute atomic E-state index is 0.00684. The molecule has 1 atom stereocenters. The number of nitrogens with one attached hydrogen (secondary N) is 1. The summed E-state index contributed by atoms with van der Waals surface area (Å²) in [4.78, 5) is 0.264. The van der Waals surface area contributed by atoms with Gasteiger partial charge in [-0.05, 0) is 37.6 Å². The number of halogens is 1. The van der Waals surface area contributed by atoms with Gasteiger partial charge in [0.1, 0.15) is 0 Å². The lowest BCUT2D eigenvalue weighted by atomic mass is 10.3. The maximum Gasteiger partial charge on any atom is 0.240 e. The largest absolute Gasteiger partial charge is 0.328 e. The zero-order valence-electron chi connectivity index (χ0n) is 8.98. The molecule has 0 aliphatic heterocycles. The van der Waals surface area contributed by atoms with Crippen LogP contribution in [0.3, 0.4) is 0 Å². The van der Waals surface area contributed by atoms with Gasteiger partial charge in [-0.3, -0.25) is 0 Å². The van der Waals surface area contributed by atoms with E-state index < -0.39 is 10.0 Å². The van der Waals surface area contributed by atoms with Crippen molar-refractivity contribution in [1.29, 1.82) is 0 Å². The highest BCUT2D eigenvalue weighted by molar-refractivity contribution is 9.10. The first kappa shape index (κ1) is 13.6. The highest BCUT2D eigenvalue weighted by Crippen LogP contribution is 2.14. The Morgan fingerprint density at radius 1 is 1.38 bits per heavy atom. The molecule has 16 heavy (non-hydrogen) atoms.